The number of nitrogens with zero attached hydrogens (tertiary/aromatic N) is 3. The Morgan fingerprint density at radius 1 is 1.64 bits per heavy atom. The van der Waals surface area contributed by atoms with E-state index in [9.17, 15) is 0 Å². The van der Waals surface area contributed by atoms with E-state index in [1.807, 2.05) is 7.05 Å². The van der Waals surface area contributed by atoms with Crippen LogP contribution in [0.5, 0.6) is 0 Å². The maximum atomic E-state index is 3.80. The molecule has 1 aromatic rings. The Kier molecular flexibility index (Phi) is 2.46. The summed E-state index contributed by atoms with van der Waals surface area (Å²) >= 11 is 0. The lowest BCUT2D eigenvalue weighted by atomic mass is 10.2. The van der Waals surface area contributed by atoms with Crippen LogP contribution >= 0.6 is 0 Å². The summed E-state index contributed by atoms with van der Waals surface area (Å²) in [6, 6.07) is 0. The molecule has 0 amide bonds. The van der Waals surface area contributed by atoms with Gasteiger partial charge in [0.15, 0.2) is 0 Å². The Balaban J connectivity index is 2.44. The van der Waals surface area contributed by atoms with Gasteiger partial charge < -0.3 is 5.32 Å². The number of aryl methyl sites for hydroxylation is 1. The van der Waals surface area contributed by atoms with Crippen LogP contribution in [0.15, 0.2) is 6.20 Å². The minimum absolute atomic E-state index is 0.643. The average molecular weight is 154 g/mol. The van der Waals surface area contributed by atoms with E-state index in [1.54, 1.807) is 10.9 Å². The molecule has 1 rings (SSSR count). The van der Waals surface area contributed by atoms with Crippen LogP contribution in [0.1, 0.15) is 13.8 Å². The number of rotatable bonds is 3. The minimum atomic E-state index is 0.643. The van der Waals surface area contributed by atoms with Crippen molar-refractivity contribution in [2.45, 2.75) is 13.8 Å². The third-order valence-electron chi connectivity index (χ3n) is 1.41. The highest BCUT2D eigenvalue weighted by atomic mass is 15.4. The molecule has 0 saturated carbocycles. The molecule has 0 aromatic carbocycles. The van der Waals surface area contributed by atoms with E-state index in [4.69, 9.17) is 0 Å². The number of anilines is 1. The van der Waals surface area contributed by atoms with Crippen LogP contribution in [-0.2, 0) is 7.05 Å². The molecule has 0 radical (unpaired) electrons. The van der Waals surface area contributed by atoms with Gasteiger partial charge in [0.05, 0.1) is 6.20 Å². The molecular formula is C7H14N4. The number of hydrogen-bond acceptors (Lipinski definition) is 3. The smallest absolute Gasteiger partial charge is 0.144 e. The summed E-state index contributed by atoms with van der Waals surface area (Å²) in [5, 5.41) is 10.8. The molecule has 1 N–H and O–H groups in total. The molecule has 0 fully saturated rings. The minimum Gasteiger partial charge on any atom is -0.369 e. The summed E-state index contributed by atoms with van der Waals surface area (Å²) in [7, 11) is 1.87. The van der Waals surface area contributed by atoms with Crippen LogP contribution in [-0.4, -0.2) is 21.5 Å². The molecule has 0 atom stereocenters. The molecular weight excluding hydrogens is 140 g/mol. The largest absolute Gasteiger partial charge is 0.369 e. The van der Waals surface area contributed by atoms with Crippen LogP contribution < -0.4 is 5.32 Å². The monoisotopic (exact) mass is 154 g/mol. The fourth-order valence-electron chi connectivity index (χ4n) is 0.758. The predicted octanol–water partition coefficient (Wildman–Crippen LogP) is 0.883. The van der Waals surface area contributed by atoms with Gasteiger partial charge in [-0.25, -0.2) is 4.68 Å². The zero-order valence-corrected chi connectivity index (χ0v) is 7.20. The second-order valence-electron chi connectivity index (χ2n) is 3.02. The van der Waals surface area contributed by atoms with Gasteiger partial charge in [-0.15, -0.1) is 5.10 Å². The standard InChI is InChI=1S/C7H14N4/c1-6(2)4-8-7-5-9-10-11(7)3/h5-6,8H,4H2,1-3H3. The van der Waals surface area contributed by atoms with Crippen LogP contribution in [0, 0.1) is 5.92 Å². The van der Waals surface area contributed by atoms with E-state index in [2.05, 4.69) is 29.5 Å². The second-order valence-corrected chi connectivity index (χ2v) is 3.02. The first-order valence-electron chi connectivity index (χ1n) is 3.78. The Hall–Kier alpha value is -1.06. The Labute approximate surface area is 66.6 Å². The van der Waals surface area contributed by atoms with Crippen molar-refractivity contribution in [1.82, 2.24) is 15.0 Å². The third-order valence-corrected chi connectivity index (χ3v) is 1.41. The lowest BCUT2D eigenvalue weighted by molar-refractivity contribution is 0.670. The zero-order valence-electron chi connectivity index (χ0n) is 7.20. The topological polar surface area (TPSA) is 42.7 Å². The second kappa shape index (κ2) is 3.37. The first-order valence-corrected chi connectivity index (χ1v) is 3.78. The molecule has 0 aliphatic rings. The van der Waals surface area contributed by atoms with Gasteiger partial charge in [-0.1, -0.05) is 19.1 Å². The molecule has 0 unspecified atom stereocenters. The highest BCUT2D eigenvalue weighted by Crippen LogP contribution is 2.01. The molecule has 0 bridgehead atoms. The highest BCUT2D eigenvalue weighted by molar-refractivity contribution is 5.30. The fraction of sp³-hybridized carbons (Fsp3) is 0.714. The zero-order chi connectivity index (χ0) is 8.27. The Bertz CT molecular complexity index is 216. The first kappa shape index (κ1) is 8.04. The number of aromatic nitrogens is 3. The molecule has 62 valence electrons. The van der Waals surface area contributed by atoms with Crippen molar-refractivity contribution in [3.05, 3.63) is 6.20 Å². The van der Waals surface area contributed by atoms with E-state index < -0.39 is 0 Å². The normalized spacial score (nSPS) is 10.5. The average Bonchev–Trinajstić information content (AvgIpc) is 2.31. The van der Waals surface area contributed by atoms with Crippen molar-refractivity contribution in [2.24, 2.45) is 13.0 Å². The van der Waals surface area contributed by atoms with Crippen molar-refractivity contribution < 1.29 is 0 Å². The van der Waals surface area contributed by atoms with Crippen molar-refractivity contribution >= 4 is 5.82 Å². The van der Waals surface area contributed by atoms with Gasteiger partial charge in [0, 0.05) is 13.6 Å². The number of nitrogens with one attached hydrogen (secondary N) is 1. The van der Waals surface area contributed by atoms with Crippen molar-refractivity contribution in [3.63, 3.8) is 0 Å². The molecule has 0 saturated heterocycles. The molecule has 11 heavy (non-hydrogen) atoms. The van der Waals surface area contributed by atoms with Crippen LogP contribution in [0.4, 0.5) is 5.82 Å². The van der Waals surface area contributed by atoms with Gasteiger partial charge in [-0.2, -0.15) is 0 Å². The van der Waals surface area contributed by atoms with E-state index >= 15 is 0 Å². The lowest BCUT2D eigenvalue weighted by Gasteiger charge is -2.06. The van der Waals surface area contributed by atoms with E-state index in [1.165, 1.54) is 0 Å². The van der Waals surface area contributed by atoms with Gasteiger partial charge in [-0.3, -0.25) is 0 Å². The SMILES string of the molecule is CC(C)CNc1cnnn1C. The first-order chi connectivity index (χ1) is 5.20. The van der Waals surface area contributed by atoms with E-state index in [0.29, 0.717) is 5.92 Å². The highest BCUT2D eigenvalue weighted by Gasteiger charge is 1.98. The van der Waals surface area contributed by atoms with Crippen LogP contribution in [0.2, 0.25) is 0 Å². The molecule has 0 spiro atoms. The van der Waals surface area contributed by atoms with E-state index in [-0.39, 0.29) is 0 Å². The van der Waals surface area contributed by atoms with Gasteiger partial charge in [0.2, 0.25) is 0 Å². The molecule has 1 heterocycles. The quantitative estimate of drug-likeness (QED) is 0.703. The maximum Gasteiger partial charge on any atom is 0.144 e. The summed E-state index contributed by atoms with van der Waals surface area (Å²) in [6.07, 6.45) is 1.72. The predicted molar refractivity (Wildman–Crippen MR) is 44.3 cm³/mol. The fourth-order valence-corrected chi connectivity index (χ4v) is 0.758. The lowest BCUT2D eigenvalue weighted by Crippen LogP contribution is -2.10. The number of hydrogen-bond donors (Lipinski definition) is 1. The molecule has 4 heteroatoms. The van der Waals surface area contributed by atoms with Crippen LogP contribution in [0.25, 0.3) is 0 Å². The van der Waals surface area contributed by atoms with Crippen molar-refractivity contribution in [1.29, 1.82) is 0 Å². The van der Waals surface area contributed by atoms with Crippen molar-refractivity contribution in [2.75, 3.05) is 11.9 Å². The summed E-state index contributed by atoms with van der Waals surface area (Å²) < 4.78 is 1.72. The Morgan fingerprint density at radius 2 is 2.36 bits per heavy atom. The van der Waals surface area contributed by atoms with Gasteiger partial charge in [-0.05, 0) is 5.92 Å². The molecule has 4 nitrogen and oxygen atoms in total. The van der Waals surface area contributed by atoms with E-state index in [0.717, 1.165) is 12.4 Å². The molecule has 0 aliphatic heterocycles. The van der Waals surface area contributed by atoms with Gasteiger partial charge in [0.25, 0.3) is 0 Å². The summed E-state index contributed by atoms with van der Waals surface area (Å²) in [4.78, 5) is 0. The molecule has 0 aliphatic carbocycles. The summed E-state index contributed by atoms with van der Waals surface area (Å²) in [6.45, 7) is 5.29. The maximum absolute atomic E-state index is 3.80. The summed E-state index contributed by atoms with van der Waals surface area (Å²) in [5.41, 5.74) is 0. The summed E-state index contributed by atoms with van der Waals surface area (Å²) in [5.74, 6) is 1.61. The molecule has 1 aromatic heterocycles. The van der Waals surface area contributed by atoms with Crippen LogP contribution in [0.3, 0.4) is 0 Å². The van der Waals surface area contributed by atoms with Gasteiger partial charge >= 0.3 is 0 Å². The van der Waals surface area contributed by atoms with Gasteiger partial charge in [0.1, 0.15) is 5.82 Å². The van der Waals surface area contributed by atoms with Crippen molar-refractivity contribution in [3.8, 4) is 0 Å². The Morgan fingerprint density at radius 3 is 2.82 bits per heavy atom. The third kappa shape index (κ3) is 2.22.